The fourth-order valence-corrected chi connectivity index (χ4v) is 10.8. The van der Waals surface area contributed by atoms with Gasteiger partial charge in [0.1, 0.15) is 36.6 Å². The summed E-state index contributed by atoms with van der Waals surface area (Å²) in [4.78, 5) is 13.2. The number of amides is 1. The minimum atomic E-state index is -1.66. The van der Waals surface area contributed by atoms with Crippen LogP contribution >= 0.6 is 0 Å². The molecule has 11 heteroatoms. The summed E-state index contributed by atoms with van der Waals surface area (Å²) in [7, 11) is 0. The Labute approximate surface area is 462 Å². The third-order valence-electron chi connectivity index (χ3n) is 16.1. The highest BCUT2D eigenvalue weighted by Gasteiger charge is 2.44. The molecule has 0 radical (unpaired) electrons. The summed E-state index contributed by atoms with van der Waals surface area (Å²) >= 11 is 0. The maximum absolute atomic E-state index is 13.2. The zero-order valence-corrected chi connectivity index (χ0v) is 49.1. The molecular weight excluding hydrogens is 943 g/mol. The lowest BCUT2D eigenvalue weighted by Gasteiger charge is -2.40. The topological polar surface area (TPSA) is 189 Å². The Kier molecular flexibility index (Phi) is 51.3. The molecule has 0 bridgehead atoms. The molecule has 0 aromatic heterocycles. The SMILES string of the molecule is CCCCCCCCCC/C=C\CCCCCCCCC(O)C(=O)NC(COC1OC(CO)C(O)C(O)C1O)C(O)C(O)CCCCCCCCCCCCCCCCCCCCCCCCCCCCCCCC. The van der Waals surface area contributed by atoms with Crippen molar-refractivity contribution < 1.29 is 50.0 Å². The fraction of sp³-hybridized carbons (Fsp3) is 0.953. The van der Waals surface area contributed by atoms with Gasteiger partial charge in [0.2, 0.25) is 5.91 Å². The highest BCUT2D eigenvalue weighted by Crippen LogP contribution is 2.24. The van der Waals surface area contributed by atoms with E-state index in [-0.39, 0.29) is 6.42 Å². The maximum Gasteiger partial charge on any atom is 0.249 e. The molecule has 1 amide bonds. The number of hydrogen-bond donors (Lipinski definition) is 8. The normalized spacial score (nSPS) is 19.7. The Morgan fingerprint density at radius 1 is 0.453 bits per heavy atom. The van der Waals surface area contributed by atoms with Crippen molar-refractivity contribution in [3.05, 3.63) is 12.2 Å². The van der Waals surface area contributed by atoms with Crippen LogP contribution < -0.4 is 5.32 Å². The highest BCUT2D eigenvalue weighted by atomic mass is 16.7. The van der Waals surface area contributed by atoms with E-state index >= 15 is 0 Å². The molecule has 1 aliphatic heterocycles. The van der Waals surface area contributed by atoms with Crippen LogP contribution in [0.1, 0.15) is 322 Å². The molecule has 9 unspecified atom stereocenters. The van der Waals surface area contributed by atoms with Gasteiger partial charge in [0.25, 0.3) is 0 Å². The number of allylic oxidation sites excluding steroid dienone is 2. The van der Waals surface area contributed by atoms with E-state index < -0.39 is 74.2 Å². The van der Waals surface area contributed by atoms with E-state index in [4.69, 9.17) is 9.47 Å². The first kappa shape index (κ1) is 71.9. The minimum absolute atomic E-state index is 0.256. The van der Waals surface area contributed by atoms with E-state index in [0.29, 0.717) is 19.3 Å². The van der Waals surface area contributed by atoms with Crippen LogP contribution in [0.25, 0.3) is 0 Å². The molecule has 8 N–H and O–H groups in total. The number of carbonyl (C=O) groups excluding carboxylic acids is 1. The largest absolute Gasteiger partial charge is 0.394 e. The van der Waals surface area contributed by atoms with Crippen LogP contribution in [0.15, 0.2) is 12.2 Å². The average Bonchev–Trinajstić information content (AvgIpc) is 3.41. The lowest BCUT2D eigenvalue weighted by Crippen LogP contribution is -2.60. The van der Waals surface area contributed by atoms with E-state index in [1.54, 1.807) is 0 Å². The summed E-state index contributed by atoms with van der Waals surface area (Å²) in [5, 5.41) is 76.3. The van der Waals surface area contributed by atoms with Gasteiger partial charge in [-0.25, -0.2) is 0 Å². The molecule has 0 spiro atoms. The average molecular weight is 1070 g/mol. The van der Waals surface area contributed by atoms with Crippen molar-refractivity contribution in [1.29, 1.82) is 0 Å². The fourth-order valence-electron chi connectivity index (χ4n) is 10.8. The van der Waals surface area contributed by atoms with Crippen molar-refractivity contribution in [2.75, 3.05) is 13.2 Å². The van der Waals surface area contributed by atoms with E-state index in [2.05, 4.69) is 31.3 Å². The van der Waals surface area contributed by atoms with Gasteiger partial charge in [-0.05, 0) is 38.5 Å². The van der Waals surface area contributed by atoms with Crippen molar-refractivity contribution in [3.8, 4) is 0 Å². The van der Waals surface area contributed by atoms with E-state index in [9.17, 15) is 40.5 Å². The van der Waals surface area contributed by atoms with Crippen LogP contribution in [0, 0.1) is 0 Å². The van der Waals surface area contributed by atoms with Gasteiger partial charge in [-0.15, -0.1) is 0 Å². The van der Waals surface area contributed by atoms with Gasteiger partial charge in [0.05, 0.1) is 25.4 Å². The van der Waals surface area contributed by atoms with Crippen LogP contribution in [0.3, 0.4) is 0 Å². The van der Waals surface area contributed by atoms with E-state index in [1.807, 2.05) is 0 Å². The Bertz CT molecular complexity index is 1220. The summed E-state index contributed by atoms with van der Waals surface area (Å²) in [5.74, 6) is -0.696. The molecule has 1 fully saturated rings. The van der Waals surface area contributed by atoms with Gasteiger partial charge in [0.15, 0.2) is 6.29 Å². The van der Waals surface area contributed by atoms with Crippen molar-refractivity contribution in [2.45, 2.75) is 377 Å². The van der Waals surface area contributed by atoms with Crippen molar-refractivity contribution in [1.82, 2.24) is 5.32 Å². The summed E-state index contributed by atoms with van der Waals surface area (Å²) in [6.07, 6.45) is 52.8. The van der Waals surface area contributed by atoms with Crippen molar-refractivity contribution >= 4 is 5.91 Å². The second-order valence-electron chi connectivity index (χ2n) is 23.2. The highest BCUT2D eigenvalue weighted by molar-refractivity contribution is 5.80. The smallest absolute Gasteiger partial charge is 0.249 e. The number of aliphatic hydroxyl groups excluding tert-OH is 7. The number of ether oxygens (including phenoxy) is 2. The van der Waals surface area contributed by atoms with E-state index in [0.717, 1.165) is 51.4 Å². The summed E-state index contributed by atoms with van der Waals surface area (Å²) in [6.45, 7) is 3.50. The van der Waals surface area contributed by atoms with Crippen molar-refractivity contribution in [3.63, 3.8) is 0 Å². The molecule has 0 aliphatic carbocycles. The monoisotopic (exact) mass is 1070 g/mol. The molecule has 75 heavy (non-hydrogen) atoms. The standard InChI is InChI=1S/C64H125NO10/c1-3-5-7-9-11-13-15-17-19-21-23-24-25-26-27-28-29-30-31-32-33-34-36-37-39-41-43-45-47-49-51-56(67)59(69)55(54-74-64-62(72)61(71)60(70)58(53-66)75-64)65-63(73)57(68)52-50-48-46-44-42-40-38-35-22-20-18-16-14-12-10-8-6-4-2/h22,35,55-62,64,66-72H,3-21,23-34,36-54H2,1-2H3,(H,65,73)/b35-22-. The summed E-state index contributed by atoms with van der Waals surface area (Å²) in [6, 6.07) is -1.17. The van der Waals surface area contributed by atoms with E-state index in [1.165, 1.54) is 231 Å². The minimum Gasteiger partial charge on any atom is -0.394 e. The molecule has 0 aromatic rings. The molecule has 1 rings (SSSR count). The molecule has 1 saturated heterocycles. The first-order chi connectivity index (χ1) is 36.7. The second-order valence-corrected chi connectivity index (χ2v) is 23.2. The molecule has 1 heterocycles. The van der Waals surface area contributed by atoms with Crippen LogP contribution in [0.4, 0.5) is 0 Å². The Balaban J connectivity index is 2.21. The second kappa shape index (κ2) is 53.5. The Morgan fingerprint density at radius 3 is 1.12 bits per heavy atom. The van der Waals surface area contributed by atoms with Gasteiger partial charge in [-0.2, -0.15) is 0 Å². The van der Waals surface area contributed by atoms with Gasteiger partial charge in [-0.3, -0.25) is 4.79 Å². The predicted octanol–water partition coefficient (Wildman–Crippen LogP) is 14.7. The van der Waals surface area contributed by atoms with Gasteiger partial charge in [0, 0.05) is 0 Å². The Morgan fingerprint density at radius 2 is 0.773 bits per heavy atom. The molecule has 9 atom stereocenters. The first-order valence-corrected chi connectivity index (χ1v) is 32.6. The zero-order valence-electron chi connectivity index (χ0n) is 49.1. The van der Waals surface area contributed by atoms with Crippen LogP contribution in [-0.4, -0.2) is 110 Å². The molecule has 1 aliphatic rings. The van der Waals surface area contributed by atoms with Crippen LogP contribution in [0.2, 0.25) is 0 Å². The first-order valence-electron chi connectivity index (χ1n) is 32.6. The quantitative estimate of drug-likeness (QED) is 0.0215. The number of unbranched alkanes of at least 4 members (excludes halogenated alkanes) is 43. The number of hydrogen-bond acceptors (Lipinski definition) is 10. The number of aliphatic hydroxyl groups is 7. The maximum atomic E-state index is 13.2. The number of nitrogens with one attached hydrogen (secondary N) is 1. The third kappa shape index (κ3) is 41.5. The summed E-state index contributed by atoms with van der Waals surface area (Å²) < 4.78 is 11.2. The molecule has 11 nitrogen and oxygen atoms in total. The molecule has 0 saturated carbocycles. The van der Waals surface area contributed by atoms with Gasteiger partial charge in [-0.1, -0.05) is 296 Å². The lowest BCUT2D eigenvalue weighted by atomic mass is 9.98. The predicted molar refractivity (Wildman–Crippen MR) is 312 cm³/mol. The number of carbonyl (C=O) groups is 1. The zero-order chi connectivity index (χ0) is 54.7. The molecular formula is C64H125NO10. The molecule has 446 valence electrons. The summed E-state index contributed by atoms with van der Waals surface area (Å²) in [5.41, 5.74) is 0. The van der Waals surface area contributed by atoms with Gasteiger partial charge >= 0.3 is 0 Å². The Hall–Kier alpha value is -1.15. The lowest BCUT2D eigenvalue weighted by molar-refractivity contribution is -0.303. The van der Waals surface area contributed by atoms with Crippen LogP contribution in [0.5, 0.6) is 0 Å². The molecule has 0 aromatic carbocycles. The van der Waals surface area contributed by atoms with Crippen LogP contribution in [-0.2, 0) is 14.3 Å². The van der Waals surface area contributed by atoms with Crippen molar-refractivity contribution in [2.24, 2.45) is 0 Å². The number of rotatable bonds is 57. The van der Waals surface area contributed by atoms with Gasteiger partial charge < -0.3 is 50.5 Å². The third-order valence-corrected chi connectivity index (χ3v) is 16.1.